The molecule has 0 aromatic heterocycles. The van der Waals surface area contributed by atoms with Crippen LogP contribution in [0, 0.1) is 0 Å². The van der Waals surface area contributed by atoms with Crippen molar-refractivity contribution < 1.29 is 4.79 Å². The lowest BCUT2D eigenvalue weighted by Gasteiger charge is -2.34. The summed E-state index contributed by atoms with van der Waals surface area (Å²) in [5.41, 5.74) is 4.73. The summed E-state index contributed by atoms with van der Waals surface area (Å²) in [5, 5.41) is 3.01. The van der Waals surface area contributed by atoms with Crippen LogP contribution in [-0.4, -0.2) is 30.3 Å². The van der Waals surface area contributed by atoms with Crippen molar-refractivity contribution in [3.8, 4) is 0 Å². The van der Waals surface area contributed by atoms with E-state index in [-0.39, 0.29) is 18.3 Å². The van der Waals surface area contributed by atoms with E-state index in [4.69, 9.17) is 11.6 Å². The number of anilines is 1. The van der Waals surface area contributed by atoms with Gasteiger partial charge in [0, 0.05) is 37.0 Å². The number of benzene rings is 2. The van der Waals surface area contributed by atoms with Crippen LogP contribution in [0.3, 0.4) is 0 Å². The van der Waals surface area contributed by atoms with Crippen LogP contribution in [0.25, 0.3) is 0 Å². The summed E-state index contributed by atoms with van der Waals surface area (Å²) >= 11 is 5.66. The molecule has 24 heavy (non-hydrogen) atoms. The summed E-state index contributed by atoms with van der Waals surface area (Å²) in [6, 6.07) is 16.7. The second kappa shape index (κ2) is 8.52. The van der Waals surface area contributed by atoms with E-state index in [1.54, 1.807) is 0 Å². The Morgan fingerprint density at radius 2 is 1.96 bits per heavy atom. The summed E-state index contributed by atoms with van der Waals surface area (Å²) in [7, 11) is 2.12. The second-order valence-electron chi connectivity index (χ2n) is 6.02. The maximum atomic E-state index is 11.9. The average Bonchev–Trinajstić information content (AvgIpc) is 2.56. The number of amides is 1. The summed E-state index contributed by atoms with van der Waals surface area (Å²) in [6.45, 7) is 1.83. The van der Waals surface area contributed by atoms with Crippen molar-refractivity contribution >= 4 is 35.6 Å². The normalized spacial score (nSPS) is 16.8. The molecule has 0 saturated heterocycles. The molecule has 1 N–H and O–H groups in total. The predicted octanol–water partition coefficient (Wildman–Crippen LogP) is 4.25. The maximum absolute atomic E-state index is 11.9. The summed E-state index contributed by atoms with van der Waals surface area (Å²) < 4.78 is 0. The van der Waals surface area contributed by atoms with Gasteiger partial charge in [0.15, 0.2) is 0 Å². The van der Waals surface area contributed by atoms with Gasteiger partial charge in [-0.15, -0.1) is 24.0 Å². The molecule has 1 heterocycles. The first-order valence-corrected chi connectivity index (χ1v) is 8.43. The molecule has 0 saturated carbocycles. The van der Waals surface area contributed by atoms with Crippen LogP contribution < -0.4 is 5.32 Å². The van der Waals surface area contributed by atoms with E-state index in [2.05, 4.69) is 47.6 Å². The van der Waals surface area contributed by atoms with Crippen molar-refractivity contribution in [2.75, 3.05) is 24.8 Å². The molecular formula is C19H22Cl2N2O. The van der Waals surface area contributed by atoms with E-state index in [1.807, 2.05) is 18.2 Å². The molecule has 1 aliphatic heterocycles. The van der Waals surface area contributed by atoms with Crippen molar-refractivity contribution in [2.24, 2.45) is 0 Å². The molecular weight excluding hydrogens is 343 g/mol. The van der Waals surface area contributed by atoms with Gasteiger partial charge >= 0.3 is 0 Å². The maximum Gasteiger partial charge on any atom is 0.225 e. The summed E-state index contributed by atoms with van der Waals surface area (Å²) in [6.07, 6.45) is 0.336. The van der Waals surface area contributed by atoms with Crippen LogP contribution in [0.5, 0.6) is 0 Å². The van der Waals surface area contributed by atoms with Crippen LogP contribution in [0.2, 0.25) is 0 Å². The Kier molecular flexibility index (Phi) is 6.67. The van der Waals surface area contributed by atoms with Crippen LogP contribution in [0.15, 0.2) is 48.5 Å². The SMILES string of the molecule is CN1Cc2c(NC(=O)CCCl)cccc2C(c2ccccc2)C1.Cl. The fraction of sp³-hybridized carbons (Fsp3) is 0.316. The smallest absolute Gasteiger partial charge is 0.225 e. The van der Waals surface area contributed by atoms with E-state index in [0.717, 1.165) is 18.8 Å². The third-order valence-electron chi connectivity index (χ3n) is 4.31. The van der Waals surface area contributed by atoms with Gasteiger partial charge in [-0.1, -0.05) is 42.5 Å². The first-order chi connectivity index (χ1) is 11.2. The number of likely N-dealkylation sites (N-methyl/N-ethyl adjacent to an activating group) is 1. The fourth-order valence-corrected chi connectivity index (χ4v) is 3.41. The number of hydrogen-bond acceptors (Lipinski definition) is 2. The standard InChI is InChI=1S/C19H21ClN2O.ClH/c1-22-12-16(14-6-3-2-4-7-14)15-8-5-9-18(17(15)13-22)21-19(23)10-11-20;/h2-9,16H,10-13H2,1H3,(H,21,23);1H. The lowest BCUT2D eigenvalue weighted by atomic mass is 9.84. The van der Waals surface area contributed by atoms with E-state index < -0.39 is 0 Å². The van der Waals surface area contributed by atoms with Gasteiger partial charge in [-0.25, -0.2) is 0 Å². The van der Waals surface area contributed by atoms with Crippen LogP contribution in [-0.2, 0) is 11.3 Å². The third-order valence-corrected chi connectivity index (χ3v) is 4.50. The van der Waals surface area contributed by atoms with Gasteiger partial charge < -0.3 is 10.2 Å². The highest BCUT2D eigenvalue weighted by Gasteiger charge is 2.26. The number of nitrogens with one attached hydrogen (secondary N) is 1. The topological polar surface area (TPSA) is 32.3 Å². The van der Waals surface area contributed by atoms with Crippen LogP contribution in [0.4, 0.5) is 5.69 Å². The highest BCUT2D eigenvalue weighted by molar-refractivity contribution is 6.19. The molecule has 2 aromatic rings. The van der Waals surface area contributed by atoms with Gasteiger partial charge in [0.2, 0.25) is 5.91 Å². The Morgan fingerprint density at radius 3 is 2.67 bits per heavy atom. The molecule has 0 bridgehead atoms. The number of halogens is 2. The predicted molar refractivity (Wildman–Crippen MR) is 102 cm³/mol. The molecule has 0 radical (unpaired) electrons. The molecule has 1 aliphatic rings. The molecule has 128 valence electrons. The van der Waals surface area contributed by atoms with E-state index >= 15 is 0 Å². The van der Waals surface area contributed by atoms with Gasteiger partial charge in [0.25, 0.3) is 0 Å². The van der Waals surface area contributed by atoms with Crippen molar-refractivity contribution in [3.63, 3.8) is 0 Å². The molecule has 3 rings (SSSR count). The highest BCUT2D eigenvalue weighted by atomic mass is 35.5. The Morgan fingerprint density at radius 1 is 1.21 bits per heavy atom. The minimum absolute atomic E-state index is 0. The number of nitrogens with zero attached hydrogens (tertiary/aromatic N) is 1. The fourth-order valence-electron chi connectivity index (χ4n) is 3.24. The zero-order valence-electron chi connectivity index (χ0n) is 13.7. The quantitative estimate of drug-likeness (QED) is 0.822. The Balaban J connectivity index is 0.00000208. The number of carbonyl (C=O) groups is 1. The monoisotopic (exact) mass is 364 g/mol. The van der Waals surface area contributed by atoms with Gasteiger partial charge in [-0.05, 0) is 29.8 Å². The third kappa shape index (κ3) is 4.10. The van der Waals surface area contributed by atoms with Crippen molar-refractivity contribution in [3.05, 3.63) is 65.2 Å². The van der Waals surface area contributed by atoms with Gasteiger partial charge in [-0.2, -0.15) is 0 Å². The van der Waals surface area contributed by atoms with E-state index in [0.29, 0.717) is 18.2 Å². The van der Waals surface area contributed by atoms with Crippen LogP contribution in [0.1, 0.15) is 29.0 Å². The first-order valence-electron chi connectivity index (χ1n) is 7.90. The van der Waals surface area contributed by atoms with Gasteiger partial charge in [0.05, 0.1) is 0 Å². The number of hydrogen-bond donors (Lipinski definition) is 1. The molecule has 1 atom stereocenters. The lowest BCUT2D eigenvalue weighted by molar-refractivity contribution is -0.115. The number of carbonyl (C=O) groups excluding carboxylic acids is 1. The molecule has 1 unspecified atom stereocenters. The Bertz CT molecular complexity index is 691. The van der Waals surface area contributed by atoms with Gasteiger partial charge in [-0.3, -0.25) is 4.79 Å². The molecule has 2 aromatic carbocycles. The summed E-state index contributed by atoms with van der Waals surface area (Å²) in [5.74, 6) is 0.639. The zero-order valence-corrected chi connectivity index (χ0v) is 15.2. The first kappa shape index (κ1) is 18.8. The Labute approximate surface area is 154 Å². The summed E-state index contributed by atoms with van der Waals surface area (Å²) in [4.78, 5) is 14.2. The van der Waals surface area contributed by atoms with Crippen molar-refractivity contribution in [1.29, 1.82) is 0 Å². The van der Waals surface area contributed by atoms with Crippen molar-refractivity contribution in [2.45, 2.75) is 18.9 Å². The van der Waals surface area contributed by atoms with Crippen LogP contribution >= 0.6 is 24.0 Å². The number of fused-ring (bicyclic) bond motifs is 1. The molecule has 1 amide bonds. The molecule has 0 spiro atoms. The highest BCUT2D eigenvalue weighted by Crippen LogP contribution is 2.36. The largest absolute Gasteiger partial charge is 0.326 e. The minimum Gasteiger partial charge on any atom is -0.326 e. The molecule has 5 heteroatoms. The minimum atomic E-state index is -0.0297. The number of rotatable bonds is 4. The molecule has 0 aliphatic carbocycles. The Hall–Kier alpha value is -1.55. The van der Waals surface area contributed by atoms with E-state index in [1.165, 1.54) is 16.7 Å². The molecule has 0 fully saturated rings. The van der Waals surface area contributed by atoms with Crippen molar-refractivity contribution in [1.82, 2.24) is 4.90 Å². The molecule has 3 nitrogen and oxygen atoms in total. The zero-order chi connectivity index (χ0) is 16.2. The average molecular weight is 365 g/mol. The van der Waals surface area contributed by atoms with Gasteiger partial charge in [0.1, 0.15) is 0 Å². The van der Waals surface area contributed by atoms with E-state index in [9.17, 15) is 4.79 Å². The second-order valence-corrected chi connectivity index (χ2v) is 6.40. The lowest BCUT2D eigenvalue weighted by Crippen LogP contribution is -2.32. The number of alkyl halides is 1.